The van der Waals surface area contributed by atoms with Gasteiger partial charge < -0.3 is 14.2 Å². The SMILES string of the molecule is CC/C=C\C/C=C\C/C=C\C/C=C\C/C=C\C/C=C\CCC(=O)OCC(COC(=O)CCCCCCCCC/C=C\C/C=C\CCCCC)OC(=O)CCCCC/C=C\C/C=C\C/C=C\C/C=C\C/C=C\CC. The number of esters is 3. The number of ether oxygens (including phenoxy) is 3. The summed E-state index contributed by atoms with van der Waals surface area (Å²) in [5.74, 6) is -1.06. The molecule has 0 rings (SSSR count). The van der Waals surface area contributed by atoms with Gasteiger partial charge >= 0.3 is 17.9 Å². The van der Waals surface area contributed by atoms with Crippen molar-refractivity contribution < 1.29 is 28.6 Å². The van der Waals surface area contributed by atoms with Gasteiger partial charge in [-0.05, 0) is 135 Å². The van der Waals surface area contributed by atoms with E-state index in [0.717, 1.165) is 122 Å². The fraction of sp³-hybridized carbons (Fsp3) is 0.567. The number of rotatable bonds is 50. The Balaban J connectivity index is 4.61. The molecule has 73 heavy (non-hydrogen) atoms. The highest BCUT2D eigenvalue weighted by Crippen LogP contribution is 2.13. The summed E-state index contributed by atoms with van der Waals surface area (Å²) >= 11 is 0. The normalized spacial score (nSPS) is 13.3. The molecule has 6 nitrogen and oxygen atoms in total. The van der Waals surface area contributed by atoms with E-state index in [0.29, 0.717) is 19.3 Å². The van der Waals surface area contributed by atoms with Crippen molar-refractivity contribution in [2.45, 2.75) is 232 Å². The maximum atomic E-state index is 12.9. The van der Waals surface area contributed by atoms with Gasteiger partial charge in [0.2, 0.25) is 0 Å². The molecule has 0 aromatic carbocycles. The molecule has 0 saturated carbocycles. The zero-order valence-electron chi connectivity index (χ0n) is 46.6. The lowest BCUT2D eigenvalue weighted by molar-refractivity contribution is -0.166. The lowest BCUT2D eigenvalue weighted by atomic mass is 10.1. The Morgan fingerprint density at radius 2 is 0.562 bits per heavy atom. The van der Waals surface area contributed by atoms with Crippen molar-refractivity contribution in [2.75, 3.05) is 13.2 Å². The van der Waals surface area contributed by atoms with Gasteiger partial charge in [-0.2, -0.15) is 0 Å². The minimum atomic E-state index is -0.838. The third kappa shape index (κ3) is 57.8. The molecule has 408 valence electrons. The Hall–Kier alpha value is -4.97. The molecule has 0 aliphatic carbocycles. The van der Waals surface area contributed by atoms with E-state index in [-0.39, 0.29) is 44.0 Å². The number of hydrogen-bond donors (Lipinski definition) is 0. The number of allylic oxidation sites excluding steroid dienone is 26. The number of unbranched alkanes of at least 4 members (excludes halogenated alkanes) is 13. The highest BCUT2D eigenvalue weighted by atomic mass is 16.6. The molecule has 1 atom stereocenters. The molecule has 0 fully saturated rings. The maximum Gasteiger partial charge on any atom is 0.306 e. The predicted molar refractivity (Wildman–Crippen MR) is 315 cm³/mol. The summed E-state index contributed by atoms with van der Waals surface area (Å²) in [6.45, 7) is 6.27. The molecule has 0 aliphatic rings. The van der Waals surface area contributed by atoms with Gasteiger partial charge in [0.15, 0.2) is 6.10 Å². The average molecular weight is 1010 g/mol. The van der Waals surface area contributed by atoms with Gasteiger partial charge in [0.05, 0.1) is 0 Å². The summed E-state index contributed by atoms with van der Waals surface area (Å²) in [6, 6.07) is 0. The van der Waals surface area contributed by atoms with Crippen LogP contribution in [0.5, 0.6) is 0 Å². The van der Waals surface area contributed by atoms with Crippen LogP contribution in [0.1, 0.15) is 226 Å². The first-order chi connectivity index (χ1) is 36.0. The van der Waals surface area contributed by atoms with Crippen molar-refractivity contribution in [3.63, 3.8) is 0 Å². The van der Waals surface area contributed by atoms with E-state index < -0.39 is 6.10 Å². The molecule has 0 aromatic rings. The zero-order chi connectivity index (χ0) is 52.9. The topological polar surface area (TPSA) is 78.9 Å². The Kier molecular flexibility index (Phi) is 55.5. The van der Waals surface area contributed by atoms with Crippen molar-refractivity contribution >= 4 is 17.9 Å². The molecule has 0 radical (unpaired) electrons. The van der Waals surface area contributed by atoms with Crippen LogP contribution in [0.15, 0.2) is 158 Å². The van der Waals surface area contributed by atoms with Gasteiger partial charge in [-0.1, -0.05) is 230 Å². The fourth-order valence-electron chi connectivity index (χ4n) is 7.23. The van der Waals surface area contributed by atoms with Gasteiger partial charge in [0.25, 0.3) is 0 Å². The number of carbonyl (C=O) groups excluding carboxylic acids is 3. The van der Waals surface area contributed by atoms with E-state index in [9.17, 15) is 14.4 Å². The summed E-state index contributed by atoms with van der Waals surface area (Å²) in [7, 11) is 0. The molecule has 1 unspecified atom stereocenters. The molecule has 0 heterocycles. The van der Waals surface area contributed by atoms with Gasteiger partial charge in [-0.25, -0.2) is 0 Å². The van der Waals surface area contributed by atoms with Gasteiger partial charge in [-0.15, -0.1) is 0 Å². The largest absolute Gasteiger partial charge is 0.462 e. The van der Waals surface area contributed by atoms with Gasteiger partial charge in [0, 0.05) is 19.3 Å². The van der Waals surface area contributed by atoms with Crippen LogP contribution >= 0.6 is 0 Å². The summed E-state index contributed by atoms with van der Waals surface area (Å²) in [5.41, 5.74) is 0. The van der Waals surface area contributed by atoms with E-state index in [2.05, 4.69) is 167 Å². The Morgan fingerprint density at radius 3 is 0.932 bits per heavy atom. The number of carbonyl (C=O) groups is 3. The van der Waals surface area contributed by atoms with Gasteiger partial charge in [0.1, 0.15) is 13.2 Å². The van der Waals surface area contributed by atoms with Crippen molar-refractivity contribution in [3.05, 3.63) is 158 Å². The van der Waals surface area contributed by atoms with E-state index in [1.165, 1.54) is 51.4 Å². The fourth-order valence-corrected chi connectivity index (χ4v) is 7.23. The molecular weight excluding hydrogens is 901 g/mol. The summed E-state index contributed by atoms with van der Waals surface area (Å²) < 4.78 is 16.8. The van der Waals surface area contributed by atoms with Crippen LogP contribution in [-0.4, -0.2) is 37.2 Å². The van der Waals surface area contributed by atoms with Crippen molar-refractivity contribution in [3.8, 4) is 0 Å². The molecule has 0 saturated heterocycles. The van der Waals surface area contributed by atoms with E-state index in [1.807, 2.05) is 12.2 Å². The highest BCUT2D eigenvalue weighted by Gasteiger charge is 2.19. The summed E-state index contributed by atoms with van der Waals surface area (Å²) in [6.07, 6.45) is 86.7. The van der Waals surface area contributed by atoms with Gasteiger partial charge in [-0.3, -0.25) is 14.4 Å². The summed E-state index contributed by atoms with van der Waals surface area (Å²) in [4.78, 5) is 38.2. The minimum absolute atomic E-state index is 0.126. The minimum Gasteiger partial charge on any atom is -0.462 e. The average Bonchev–Trinajstić information content (AvgIpc) is 3.39. The van der Waals surface area contributed by atoms with Crippen LogP contribution in [0.2, 0.25) is 0 Å². The second-order valence-corrected chi connectivity index (χ2v) is 18.4. The van der Waals surface area contributed by atoms with Crippen LogP contribution in [0, 0.1) is 0 Å². The lowest BCUT2D eigenvalue weighted by Crippen LogP contribution is -2.30. The molecule has 0 bridgehead atoms. The first-order valence-electron chi connectivity index (χ1n) is 29.0. The molecule has 0 aliphatic heterocycles. The van der Waals surface area contributed by atoms with E-state index >= 15 is 0 Å². The molecular formula is C67H104O6. The molecule has 6 heteroatoms. The second kappa shape index (κ2) is 59.6. The summed E-state index contributed by atoms with van der Waals surface area (Å²) in [5, 5.41) is 0. The number of hydrogen-bond acceptors (Lipinski definition) is 6. The Labute approximate surface area is 448 Å². The van der Waals surface area contributed by atoms with Crippen LogP contribution in [0.25, 0.3) is 0 Å². The third-order valence-electron chi connectivity index (χ3n) is 11.5. The van der Waals surface area contributed by atoms with Crippen molar-refractivity contribution in [1.29, 1.82) is 0 Å². The first-order valence-corrected chi connectivity index (χ1v) is 29.0. The van der Waals surface area contributed by atoms with Crippen LogP contribution in [-0.2, 0) is 28.6 Å². The molecule has 0 aromatic heterocycles. The highest BCUT2D eigenvalue weighted by molar-refractivity contribution is 5.71. The van der Waals surface area contributed by atoms with Crippen LogP contribution in [0.3, 0.4) is 0 Å². The van der Waals surface area contributed by atoms with Crippen LogP contribution < -0.4 is 0 Å². The Morgan fingerprint density at radius 1 is 0.288 bits per heavy atom. The Bertz CT molecular complexity index is 1670. The first kappa shape index (κ1) is 68.0. The van der Waals surface area contributed by atoms with E-state index in [4.69, 9.17) is 14.2 Å². The van der Waals surface area contributed by atoms with Crippen LogP contribution in [0.4, 0.5) is 0 Å². The quantitative estimate of drug-likeness (QED) is 0.0261. The standard InChI is InChI=1S/C67H104O6/c1-4-7-10-13-16-19-22-25-28-31-33-36-39-42-45-48-51-54-57-60-66(69)72-63-64(62-71-65(68)59-56-53-50-47-44-41-38-35-30-27-24-21-18-15-12-9-6-3)73-67(70)61-58-55-52-49-46-43-40-37-34-32-29-26-23-20-17-14-11-8-5-2/h7-8,10-11,16-21,25-30,33-34,36-37,42-43,45-46,51,54,64H,4-6,9,12-15,22-24,31-32,35,38-41,44,47-50,52-53,55-63H2,1-3H3/b10-7-,11-8-,19-16-,20-17-,21-18-,28-25-,29-26-,30-27-,36-33-,37-34-,45-42-,46-43-,54-51-. The van der Waals surface area contributed by atoms with Crippen molar-refractivity contribution in [2.24, 2.45) is 0 Å². The smallest absolute Gasteiger partial charge is 0.306 e. The maximum absolute atomic E-state index is 12.9. The predicted octanol–water partition coefficient (Wildman–Crippen LogP) is 19.8. The molecule has 0 amide bonds. The lowest BCUT2D eigenvalue weighted by Gasteiger charge is -2.18. The third-order valence-corrected chi connectivity index (χ3v) is 11.5. The molecule has 0 spiro atoms. The van der Waals surface area contributed by atoms with Crippen molar-refractivity contribution in [1.82, 2.24) is 0 Å². The second-order valence-electron chi connectivity index (χ2n) is 18.4. The monoisotopic (exact) mass is 1000 g/mol. The zero-order valence-corrected chi connectivity index (χ0v) is 46.6. The van der Waals surface area contributed by atoms with E-state index in [1.54, 1.807) is 0 Å². The molecule has 0 N–H and O–H groups in total.